The molecule has 2 saturated heterocycles. The molecule has 2 aromatic rings. The van der Waals surface area contributed by atoms with Gasteiger partial charge in [-0.25, -0.2) is 0 Å². The van der Waals surface area contributed by atoms with E-state index < -0.39 is 0 Å². The standard InChI is InChI=1S/C45H64N4O5/c1-45-18-17-36-35-14-12-34(28-32(35)11-13-37(36)39(45)15-16-43(45)50)53-26-7-3-5-19-47-22-24-48(25-23-47)20-6-4-8-27-54-42-30-40-38(29-41(42)52-2)44(51)49-21-9-10-33(49)31-46-40/h12,14,28-31,33,36-37,39,43,50H,3-11,13,15-27H2,1-2H3/t33-,36+,37+,39-,43-,45-/m0/s1. The van der Waals surface area contributed by atoms with Gasteiger partial charge in [-0.1, -0.05) is 13.0 Å². The molecule has 6 atom stereocenters. The fourth-order valence-electron chi connectivity index (χ4n) is 11.1. The Morgan fingerprint density at radius 1 is 0.833 bits per heavy atom. The lowest BCUT2D eigenvalue weighted by Gasteiger charge is -2.50. The number of amides is 1. The number of piperazine rings is 1. The zero-order valence-electron chi connectivity index (χ0n) is 33.0. The molecule has 0 radical (unpaired) electrons. The van der Waals surface area contributed by atoms with Gasteiger partial charge in [0.25, 0.3) is 5.91 Å². The first-order valence-electron chi connectivity index (χ1n) is 21.5. The number of rotatable bonds is 15. The molecule has 3 heterocycles. The highest BCUT2D eigenvalue weighted by molar-refractivity contribution is 6.03. The number of hydrogen-bond acceptors (Lipinski definition) is 8. The van der Waals surface area contributed by atoms with E-state index >= 15 is 0 Å². The molecule has 4 fully saturated rings. The van der Waals surface area contributed by atoms with Crippen LogP contribution in [0.3, 0.4) is 0 Å². The summed E-state index contributed by atoms with van der Waals surface area (Å²) < 4.78 is 18.0. The van der Waals surface area contributed by atoms with Crippen molar-refractivity contribution in [2.75, 3.05) is 66.1 Å². The van der Waals surface area contributed by atoms with E-state index in [0.717, 1.165) is 89.4 Å². The minimum Gasteiger partial charge on any atom is -0.494 e. The average Bonchev–Trinajstić information content (AvgIpc) is 3.76. The first-order valence-corrected chi connectivity index (χ1v) is 21.5. The van der Waals surface area contributed by atoms with Gasteiger partial charge in [0.05, 0.1) is 43.7 Å². The average molecular weight is 741 g/mol. The second kappa shape index (κ2) is 16.9. The number of nitrogens with zero attached hydrogens (tertiary/aromatic N) is 4. The van der Waals surface area contributed by atoms with Crippen molar-refractivity contribution in [3.63, 3.8) is 0 Å². The normalized spacial score (nSPS) is 29.2. The molecule has 2 saturated carbocycles. The predicted molar refractivity (Wildman–Crippen MR) is 214 cm³/mol. The second-order valence-electron chi connectivity index (χ2n) is 17.4. The fourth-order valence-corrected chi connectivity index (χ4v) is 11.1. The van der Waals surface area contributed by atoms with Crippen molar-refractivity contribution in [2.24, 2.45) is 22.2 Å². The Labute approximate surface area is 323 Å². The van der Waals surface area contributed by atoms with E-state index in [9.17, 15) is 9.90 Å². The van der Waals surface area contributed by atoms with E-state index in [1.165, 1.54) is 70.1 Å². The summed E-state index contributed by atoms with van der Waals surface area (Å²) in [5.74, 6) is 4.46. The van der Waals surface area contributed by atoms with Gasteiger partial charge in [0.1, 0.15) is 5.75 Å². The van der Waals surface area contributed by atoms with Crippen LogP contribution in [0.4, 0.5) is 5.69 Å². The molecule has 0 aromatic heterocycles. The molecule has 294 valence electrons. The molecule has 0 bridgehead atoms. The Balaban J connectivity index is 0.673. The highest BCUT2D eigenvalue weighted by Crippen LogP contribution is 2.61. The van der Waals surface area contributed by atoms with Gasteiger partial charge in [-0.15, -0.1) is 0 Å². The van der Waals surface area contributed by atoms with Crippen molar-refractivity contribution in [3.8, 4) is 17.2 Å². The molecule has 1 N–H and O–H groups in total. The van der Waals surface area contributed by atoms with Crippen LogP contribution in [0.2, 0.25) is 0 Å². The summed E-state index contributed by atoms with van der Waals surface area (Å²) in [4.78, 5) is 25.0. The predicted octanol–water partition coefficient (Wildman–Crippen LogP) is 7.65. The number of aliphatic hydroxyl groups is 1. The topological polar surface area (TPSA) is 87.1 Å². The molecule has 8 rings (SSSR count). The Bertz CT molecular complexity index is 1640. The van der Waals surface area contributed by atoms with Crippen molar-refractivity contribution in [2.45, 2.75) is 115 Å². The third kappa shape index (κ3) is 7.92. The zero-order chi connectivity index (χ0) is 37.1. The fraction of sp³-hybridized carbons (Fsp3) is 0.689. The quantitative estimate of drug-likeness (QED) is 0.188. The van der Waals surface area contributed by atoms with E-state index in [2.05, 4.69) is 39.9 Å². The molecule has 3 aliphatic carbocycles. The highest BCUT2D eigenvalue weighted by atomic mass is 16.5. The summed E-state index contributed by atoms with van der Waals surface area (Å²) in [6, 6.07) is 10.7. The van der Waals surface area contributed by atoms with Crippen LogP contribution in [0.1, 0.15) is 118 Å². The van der Waals surface area contributed by atoms with Gasteiger partial charge < -0.3 is 34.0 Å². The van der Waals surface area contributed by atoms with Crippen molar-refractivity contribution in [3.05, 3.63) is 47.0 Å². The molecule has 0 spiro atoms. The smallest absolute Gasteiger partial charge is 0.256 e. The molecule has 2 aromatic carbocycles. The van der Waals surface area contributed by atoms with Gasteiger partial charge in [-0.05, 0) is 155 Å². The highest BCUT2D eigenvalue weighted by Gasteiger charge is 2.54. The lowest BCUT2D eigenvalue weighted by atomic mass is 9.55. The summed E-state index contributed by atoms with van der Waals surface area (Å²) >= 11 is 0. The number of unbranched alkanes of at least 4 members (excludes halogenated alkanes) is 4. The maximum Gasteiger partial charge on any atom is 0.256 e. The van der Waals surface area contributed by atoms with Crippen LogP contribution < -0.4 is 14.2 Å². The number of aryl methyl sites for hydroxylation is 1. The number of hydrogen-bond donors (Lipinski definition) is 1. The second-order valence-corrected chi connectivity index (χ2v) is 17.4. The van der Waals surface area contributed by atoms with Gasteiger partial charge in [-0.3, -0.25) is 9.79 Å². The van der Waals surface area contributed by atoms with E-state index in [0.29, 0.717) is 41.2 Å². The first kappa shape index (κ1) is 37.8. The third-order valence-electron chi connectivity index (χ3n) is 14.3. The first-order chi connectivity index (χ1) is 26.4. The number of fused-ring (bicyclic) bond motifs is 7. The largest absolute Gasteiger partial charge is 0.494 e. The molecule has 6 aliphatic rings. The summed E-state index contributed by atoms with van der Waals surface area (Å²) in [6.45, 7) is 11.6. The van der Waals surface area contributed by atoms with Crippen molar-refractivity contribution in [1.29, 1.82) is 0 Å². The van der Waals surface area contributed by atoms with E-state index in [4.69, 9.17) is 14.2 Å². The zero-order valence-corrected chi connectivity index (χ0v) is 33.0. The van der Waals surface area contributed by atoms with E-state index in [1.54, 1.807) is 18.7 Å². The molecule has 0 unspecified atom stereocenters. The van der Waals surface area contributed by atoms with E-state index in [-0.39, 0.29) is 23.5 Å². The lowest BCUT2D eigenvalue weighted by molar-refractivity contribution is -0.0226. The number of methoxy groups -OCH3 is 1. The van der Waals surface area contributed by atoms with Gasteiger partial charge in [0.2, 0.25) is 0 Å². The van der Waals surface area contributed by atoms with Crippen LogP contribution in [0.15, 0.2) is 35.3 Å². The summed E-state index contributed by atoms with van der Waals surface area (Å²) in [5.41, 5.74) is 4.51. The van der Waals surface area contributed by atoms with Crippen molar-refractivity contribution in [1.82, 2.24) is 14.7 Å². The summed E-state index contributed by atoms with van der Waals surface area (Å²) in [5, 5.41) is 10.7. The Morgan fingerprint density at radius 2 is 1.59 bits per heavy atom. The number of carbonyl (C=O) groups excluding carboxylic acids is 1. The number of carbonyl (C=O) groups is 1. The van der Waals surface area contributed by atoms with Crippen LogP contribution in [0.25, 0.3) is 0 Å². The van der Waals surface area contributed by atoms with Crippen LogP contribution >= 0.6 is 0 Å². The van der Waals surface area contributed by atoms with E-state index in [1.807, 2.05) is 17.2 Å². The van der Waals surface area contributed by atoms with Crippen molar-refractivity contribution < 1.29 is 24.1 Å². The minimum absolute atomic E-state index is 0.0371. The molecular weight excluding hydrogens is 677 g/mol. The lowest BCUT2D eigenvalue weighted by Crippen LogP contribution is -2.46. The molecular formula is C45H64N4O5. The Morgan fingerprint density at radius 3 is 2.35 bits per heavy atom. The van der Waals surface area contributed by atoms with Crippen LogP contribution in [0.5, 0.6) is 17.2 Å². The molecule has 1 amide bonds. The number of benzene rings is 2. The van der Waals surface area contributed by atoms with Gasteiger partial charge in [0, 0.05) is 45.0 Å². The minimum atomic E-state index is -0.0975. The third-order valence-corrected chi connectivity index (χ3v) is 14.3. The number of ether oxygens (including phenoxy) is 3. The molecule has 9 nitrogen and oxygen atoms in total. The summed E-state index contributed by atoms with van der Waals surface area (Å²) in [6.07, 6.45) is 17.7. The monoisotopic (exact) mass is 740 g/mol. The molecule has 54 heavy (non-hydrogen) atoms. The maximum absolute atomic E-state index is 13.1. The van der Waals surface area contributed by atoms with Crippen molar-refractivity contribution >= 4 is 17.8 Å². The van der Waals surface area contributed by atoms with Crippen LogP contribution in [-0.2, 0) is 6.42 Å². The van der Waals surface area contributed by atoms with Gasteiger partial charge in [0.15, 0.2) is 11.5 Å². The van der Waals surface area contributed by atoms with Gasteiger partial charge >= 0.3 is 0 Å². The number of aliphatic hydroxyl groups excluding tert-OH is 1. The maximum atomic E-state index is 13.1. The SMILES string of the molecule is COc1cc2c(cc1OCCCCCN1CCN(CCCCCOc3ccc4c(c3)CC[C@@H]3[C@@H]4CC[C@]4(C)[C@@H](O)CC[C@@H]34)CC1)N=C[C@@H]1CCCN1C2=O. The number of aliphatic imine (C=N–C) groups is 1. The Kier molecular flexibility index (Phi) is 11.8. The van der Waals surface area contributed by atoms with Gasteiger partial charge in [-0.2, -0.15) is 0 Å². The van der Waals surface area contributed by atoms with Crippen LogP contribution in [-0.4, -0.2) is 110 Å². The Hall–Kier alpha value is -3.14. The molecule has 9 heteroatoms. The molecule has 3 aliphatic heterocycles. The summed E-state index contributed by atoms with van der Waals surface area (Å²) in [7, 11) is 1.63. The van der Waals surface area contributed by atoms with Crippen LogP contribution in [0, 0.1) is 17.3 Å².